The van der Waals surface area contributed by atoms with Gasteiger partial charge in [0.05, 0.1) is 25.9 Å². The lowest BCUT2D eigenvalue weighted by Crippen LogP contribution is -2.58. The predicted molar refractivity (Wildman–Crippen MR) is 152 cm³/mol. The van der Waals surface area contributed by atoms with E-state index in [1.54, 1.807) is 11.8 Å². The van der Waals surface area contributed by atoms with Crippen molar-refractivity contribution >= 4 is 11.8 Å². The normalized spacial score (nSPS) is 23.2. The molecule has 0 radical (unpaired) electrons. The molecule has 1 aliphatic heterocycles. The van der Waals surface area contributed by atoms with E-state index in [-0.39, 0.29) is 29.9 Å². The maximum absolute atomic E-state index is 6.67. The highest BCUT2D eigenvalue weighted by molar-refractivity contribution is 7.99. The molecule has 0 spiro atoms. The Hall–Kier alpha value is -2.93. The Morgan fingerprint density at radius 1 is 0.526 bits per heavy atom. The lowest BCUT2D eigenvalue weighted by molar-refractivity contribution is -0.242. The van der Waals surface area contributed by atoms with E-state index in [1.807, 2.05) is 72.8 Å². The minimum atomic E-state index is -0.346. The van der Waals surface area contributed by atoms with Gasteiger partial charge in [0.25, 0.3) is 0 Å². The van der Waals surface area contributed by atoms with Crippen LogP contribution in [-0.4, -0.2) is 29.9 Å². The van der Waals surface area contributed by atoms with Crippen molar-refractivity contribution in [2.75, 3.05) is 0 Å². The van der Waals surface area contributed by atoms with Crippen LogP contribution in [-0.2, 0) is 38.8 Å². The molecule has 5 rings (SSSR count). The summed E-state index contributed by atoms with van der Waals surface area (Å²) < 4.78 is 26.4. The van der Waals surface area contributed by atoms with Crippen LogP contribution in [0, 0.1) is 0 Å². The fourth-order valence-corrected chi connectivity index (χ4v) is 5.78. The summed E-state index contributed by atoms with van der Waals surface area (Å²) in [6.07, 6.45) is -1.15. The molecule has 0 N–H and O–H groups in total. The Labute approximate surface area is 229 Å². The van der Waals surface area contributed by atoms with Crippen LogP contribution in [0.3, 0.4) is 0 Å². The first kappa shape index (κ1) is 26.7. The van der Waals surface area contributed by atoms with Gasteiger partial charge in [0.2, 0.25) is 0 Å². The minimum absolute atomic E-state index is 0.183. The first-order valence-corrected chi connectivity index (χ1v) is 14.0. The van der Waals surface area contributed by atoms with E-state index in [1.165, 1.54) is 0 Å². The summed E-state index contributed by atoms with van der Waals surface area (Å²) in [5.74, 6) is 0. The summed E-state index contributed by atoms with van der Waals surface area (Å²) >= 11 is 1.67. The molecule has 0 bridgehead atoms. The van der Waals surface area contributed by atoms with Gasteiger partial charge in [-0.3, -0.25) is 0 Å². The smallest absolute Gasteiger partial charge is 0.136 e. The lowest BCUT2D eigenvalue weighted by Gasteiger charge is -2.45. The molecule has 0 aliphatic carbocycles. The van der Waals surface area contributed by atoms with E-state index in [0.717, 1.165) is 21.6 Å². The monoisotopic (exact) mass is 526 g/mol. The van der Waals surface area contributed by atoms with Crippen LogP contribution in [0.4, 0.5) is 0 Å². The zero-order valence-corrected chi connectivity index (χ0v) is 22.4. The molecule has 1 aliphatic rings. The Kier molecular flexibility index (Phi) is 9.64. The molecule has 4 aromatic rings. The van der Waals surface area contributed by atoms with Crippen LogP contribution in [0.25, 0.3) is 0 Å². The molecule has 4 nitrogen and oxygen atoms in total. The van der Waals surface area contributed by atoms with E-state index < -0.39 is 0 Å². The van der Waals surface area contributed by atoms with Gasteiger partial charge in [-0.1, -0.05) is 121 Å². The molecule has 1 fully saturated rings. The highest BCUT2D eigenvalue weighted by Crippen LogP contribution is 2.38. The summed E-state index contributed by atoms with van der Waals surface area (Å²) in [4.78, 5) is 1.13. The first-order valence-electron chi connectivity index (χ1n) is 13.1. The second-order valence-corrected chi connectivity index (χ2v) is 10.6. The van der Waals surface area contributed by atoms with Crippen LogP contribution in [0.15, 0.2) is 126 Å². The molecular weight excluding hydrogens is 492 g/mol. The van der Waals surface area contributed by atoms with Crippen LogP contribution in [0.2, 0.25) is 0 Å². The van der Waals surface area contributed by atoms with Crippen molar-refractivity contribution in [1.29, 1.82) is 0 Å². The third-order valence-electron chi connectivity index (χ3n) is 6.58. The Morgan fingerprint density at radius 2 is 0.921 bits per heavy atom. The molecule has 196 valence electrons. The number of ether oxygens (including phenoxy) is 4. The van der Waals surface area contributed by atoms with Gasteiger partial charge in [-0.25, -0.2) is 0 Å². The first-order chi connectivity index (χ1) is 18.8. The third-order valence-corrected chi connectivity index (χ3v) is 7.73. The Balaban J connectivity index is 1.41. The van der Waals surface area contributed by atoms with Crippen LogP contribution in [0.5, 0.6) is 0 Å². The quantitative estimate of drug-likeness (QED) is 0.205. The molecule has 1 saturated heterocycles. The third kappa shape index (κ3) is 7.34. The summed E-state index contributed by atoms with van der Waals surface area (Å²) in [5, 5.41) is 0. The topological polar surface area (TPSA) is 36.9 Å². The number of thioether (sulfide) groups is 1. The molecule has 0 amide bonds. The van der Waals surface area contributed by atoms with Crippen LogP contribution < -0.4 is 0 Å². The van der Waals surface area contributed by atoms with E-state index in [0.29, 0.717) is 19.8 Å². The van der Waals surface area contributed by atoms with Gasteiger partial charge in [-0.2, -0.15) is 0 Å². The SMILES string of the molecule is C[C@H]1O[C@H](Sc2ccccc2)[C@@H](OCc2ccccc2)[C@@H](OCc2ccccc2)[C@@H]1OCc1ccccc1. The Bertz CT molecular complexity index is 1210. The maximum Gasteiger partial charge on any atom is 0.136 e. The average Bonchev–Trinajstić information content (AvgIpc) is 2.97. The highest BCUT2D eigenvalue weighted by atomic mass is 32.2. The second kappa shape index (κ2) is 13.7. The standard InChI is InChI=1S/C33H34O4S/c1-25-30(34-22-26-14-6-2-7-15-26)31(35-23-27-16-8-3-9-17-27)32(36-24-28-18-10-4-11-19-28)33(37-25)38-29-20-12-5-13-21-29/h2-21,25,30-33H,22-24H2,1H3/t25-,30-,31+,32+,33-/m1/s1. The summed E-state index contributed by atoms with van der Waals surface area (Å²) in [7, 11) is 0. The van der Waals surface area contributed by atoms with Crippen LogP contribution in [0.1, 0.15) is 23.6 Å². The van der Waals surface area contributed by atoms with Gasteiger partial charge in [-0.15, -0.1) is 0 Å². The van der Waals surface area contributed by atoms with Gasteiger partial charge in [0.1, 0.15) is 23.7 Å². The molecule has 0 saturated carbocycles. The van der Waals surface area contributed by atoms with Gasteiger partial charge in [0, 0.05) is 4.90 Å². The number of benzene rings is 4. The molecule has 38 heavy (non-hydrogen) atoms. The number of hydrogen-bond donors (Lipinski definition) is 0. The van der Waals surface area contributed by atoms with Crippen molar-refractivity contribution in [3.8, 4) is 0 Å². The maximum atomic E-state index is 6.67. The van der Waals surface area contributed by atoms with E-state index in [9.17, 15) is 0 Å². The zero-order chi connectivity index (χ0) is 26.0. The molecule has 0 unspecified atom stereocenters. The number of rotatable bonds is 11. The fourth-order valence-electron chi connectivity index (χ4n) is 4.60. The molecule has 4 aromatic carbocycles. The van der Waals surface area contributed by atoms with Crippen molar-refractivity contribution in [1.82, 2.24) is 0 Å². The zero-order valence-electron chi connectivity index (χ0n) is 21.6. The van der Waals surface area contributed by atoms with E-state index in [4.69, 9.17) is 18.9 Å². The molecular formula is C33H34O4S. The van der Waals surface area contributed by atoms with Crippen molar-refractivity contribution in [3.63, 3.8) is 0 Å². The molecule has 5 heteroatoms. The van der Waals surface area contributed by atoms with Gasteiger partial charge >= 0.3 is 0 Å². The minimum Gasteiger partial charge on any atom is -0.368 e. The number of hydrogen-bond acceptors (Lipinski definition) is 5. The van der Waals surface area contributed by atoms with Crippen molar-refractivity contribution in [2.24, 2.45) is 0 Å². The summed E-state index contributed by atoms with van der Waals surface area (Å²) in [6, 6.07) is 41.0. The predicted octanol–water partition coefficient (Wildman–Crippen LogP) is 7.28. The molecule has 5 atom stereocenters. The van der Waals surface area contributed by atoms with Crippen molar-refractivity contribution in [3.05, 3.63) is 138 Å². The largest absolute Gasteiger partial charge is 0.368 e. The Morgan fingerprint density at radius 3 is 1.39 bits per heavy atom. The molecule has 0 aromatic heterocycles. The lowest BCUT2D eigenvalue weighted by atomic mass is 9.99. The van der Waals surface area contributed by atoms with Crippen molar-refractivity contribution in [2.45, 2.75) is 61.5 Å². The van der Waals surface area contributed by atoms with Gasteiger partial charge < -0.3 is 18.9 Å². The molecule has 1 heterocycles. The fraction of sp³-hybridized carbons (Fsp3) is 0.273. The van der Waals surface area contributed by atoms with Gasteiger partial charge in [0.15, 0.2) is 0 Å². The highest BCUT2D eigenvalue weighted by Gasteiger charge is 2.47. The summed E-state index contributed by atoms with van der Waals surface area (Å²) in [5.41, 5.74) is 3.08. The van der Waals surface area contributed by atoms with E-state index >= 15 is 0 Å². The van der Waals surface area contributed by atoms with Crippen LogP contribution >= 0.6 is 11.8 Å². The van der Waals surface area contributed by atoms with Gasteiger partial charge in [-0.05, 0) is 35.7 Å². The summed E-state index contributed by atoms with van der Waals surface area (Å²) in [6.45, 7) is 3.48. The van der Waals surface area contributed by atoms with Crippen molar-refractivity contribution < 1.29 is 18.9 Å². The average molecular weight is 527 g/mol. The second-order valence-electron chi connectivity index (χ2n) is 9.42. The van der Waals surface area contributed by atoms with E-state index in [2.05, 4.69) is 55.5 Å².